The fourth-order valence-electron chi connectivity index (χ4n) is 3.31. The zero-order valence-corrected chi connectivity index (χ0v) is 15.9. The molecule has 3 heterocycles. The highest BCUT2D eigenvalue weighted by atomic mass is 35.5. The highest BCUT2D eigenvalue weighted by Crippen LogP contribution is 2.42. The van der Waals surface area contributed by atoms with E-state index in [9.17, 15) is 4.79 Å². The lowest BCUT2D eigenvalue weighted by Gasteiger charge is -2.21. The van der Waals surface area contributed by atoms with Gasteiger partial charge in [-0.2, -0.15) is 0 Å². The second-order valence-electron chi connectivity index (χ2n) is 6.54. The number of aryl methyl sites for hydroxylation is 1. The molecule has 0 aliphatic rings. The summed E-state index contributed by atoms with van der Waals surface area (Å²) >= 11 is 6.59. The molecular weight excluding hydrogens is 362 g/mol. The molecule has 4 rings (SSSR count). The third-order valence-electron chi connectivity index (χ3n) is 4.56. The van der Waals surface area contributed by atoms with Crippen LogP contribution in [0.4, 0.5) is 11.4 Å². The molecule has 0 aliphatic heterocycles. The Labute approximate surface area is 161 Å². The number of hydrogen-bond donors (Lipinski definition) is 2. The van der Waals surface area contributed by atoms with Crippen molar-refractivity contribution in [3.05, 3.63) is 59.1 Å². The molecule has 4 aromatic rings. The molecule has 0 radical (unpaired) electrons. The Morgan fingerprint density at radius 2 is 2.04 bits per heavy atom. The SMILES string of the molecule is Cc1ncccc1C(=O)Nc1c(N(C)C)c(Cl)cc2c1[nH]c1cnccc12. The van der Waals surface area contributed by atoms with E-state index in [0.717, 1.165) is 27.5 Å². The summed E-state index contributed by atoms with van der Waals surface area (Å²) in [4.78, 5) is 26.6. The van der Waals surface area contributed by atoms with Crippen LogP contribution in [0, 0.1) is 6.92 Å². The number of carbonyl (C=O) groups excluding carboxylic acids is 1. The third kappa shape index (κ3) is 2.88. The number of halogens is 1. The van der Waals surface area contributed by atoms with Gasteiger partial charge < -0.3 is 15.2 Å². The van der Waals surface area contributed by atoms with Crippen molar-refractivity contribution in [2.24, 2.45) is 0 Å². The van der Waals surface area contributed by atoms with Gasteiger partial charge in [-0.1, -0.05) is 11.6 Å². The van der Waals surface area contributed by atoms with Crippen molar-refractivity contribution in [2.75, 3.05) is 24.3 Å². The van der Waals surface area contributed by atoms with Gasteiger partial charge in [-0.25, -0.2) is 0 Å². The molecule has 0 saturated heterocycles. The molecule has 0 unspecified atom stereocenters. The van der Waals surface area contributed by atoms with Crippen molar-refractivity contribution in [1.29, 1.82) is 0 Å². The van der Waals surface area contributed by atoms with E-state index in [1.807, 2.05) is 38.1 Å². The zero-order valence-electron chi connectivity index (χ0n) is 15.2. The average molecular weight is 380 g/mol. The zero-order chi connectivity index (χ0) is 19.1. The van der Waals surface area contributed by atoms with E-state index >= 15 is 0 Å². The molecule has 0 aliphatic carbocycles. The smallest absolute Gasteiger partial charge is 0.257 e. The lowest BCUT2D eigenvalue weighted by Crippen LogP contribution is -2.18. The molecule has 0 spiro atoms. The molecule has 7 heteroatoms. The number of fused-ring (bicyclic) bond motifs is 3. The number of H-pyrrole nitrogens is 1. The van der Waals surface area contributed by atoms with Crippen molar-refractivity contribution >= 4 is 50.7 Å². The van der Waals surface area contributed by atoms with Crippen LogP contribution in [0.3, 0.4) is 0 Å². The van der Waals surface area contributed by atoms with Gasteiger partial charge >= 0.3 is 0 Å². The molecule has 2 N–H and O–H groups in total. The number of pyridine rings is 2. The molecular formula is C20H18ClN5O. The summed E-state index contributed by atoms with van der Waals surface area (Å²) in [5.41, 5.74) is 4.24. The van der Waals surface area contributed by atoms with E-state index in [1.54, 1.807) is 30.7 Å². The first-order chi connectivity index (χ1) is 13.0. The molecule has 0 fully saturated rings. The van der Waals surface area contributed by atoms with E-state index in [-0.39, 0.29) is 5.91 Å². The van der Waals surface area contributed by atoms with Gasteiger partial charge in [-0.3, -0.25) is 14.8 Å². The predicted octanol–water partition coefficient (Wildman–Crippen LogP) is 4.39. The topological polar surface area (TPSA) is 73.9 Å². The normalized spacial score (nSPS) is 11.1. The predicted molar refractivity (Wildman–Crippen MR) is 110 cm³/mol. The van der Waals surface area contributed by atoms with E-state index in [0.29, 0.717) is 22.0 Å². The van der Waals surface area contributed by atoms with Crippen LogP contribution in [0.15, 0.2) is 42.9 Å². The van der Waals surface area contributed by atoms with Crippen molar-refractivity contribution in [2.45, 2.75) is 6.92 Å². The number of nitrogens with zero attached hydrogens (tertiary/aromatic N) is 3. The van der Waals surface area contributed by atoms with Crippen LogP contribution >= 0.6 is 11.6 Å². The second kappa shape index (κ2) is 6.55. The standard InChI is InChI=1S/C20H18ClN5O/c1-11-12(5-4-7-23-11)20(27)25-18-17-14(9-15(21)19(18)26(2)3)13-6-8-22-10-16(13)24-17/h4-10,24H,1-3H3,(H,25,27). The van der Waals surface area contributed by atoms with Crippen LogP contribution in [0.5, 0.6) is 0 Å². The average Bonchev–Trinajstić information content (AvgIpc) is 3.00. The van der Waals surface area contributed by atoms with Crippen LogP contribution in [-0.2, 0) is 0 Å². The minimum Gasteiger partial charge on any atom is -0.375 e. The number of rotatable bonds is 3. The number of aromatic nitrogens is 3. The Hall–Kier alpha value is -3.12. The van der Waals surface area contributed by atoms with E-state index in [1.165, 1.54) is 0 Å². The quantitative estimate of drug-likeness (QED) is 0.553. The first-order valence-corrected chi connectivity index (χ1v) is 8.83. The van der Waals surface area contributed by atoms with Gasteiger partial charge in [-0.15, -0.1) is 0 Å². The highest BCUT2D eigenvalue weighted by Gasteiger charge is 2.20. The molecule has 136 valence electrons. The summed E-state index contributed by atoms with van der Waals surface area (Å²) in [5, 5.41) is 5.53. The van der Waals surface area contributed by atoms with Crippen molar-refractivity contribution < 1.29 is 4.79 Å². The van der Waals surface area contributed by atoms with Gasteiger partial charge in [0.15, 0.2) is 0 Å². The van der Waals surface area contributed by atoms with Crippen molar-refractivity contribution in [3.8, 4) is 0 Å². The maximum absolute atomic E-state index is 12.9. The molecule has 27 heavy (non-hydrogen) atoms. The Kier molecular flexibility index (Phi) is 4.20. The molecule has 1 aromatic carbocycles. The van der Waals surface area contributed by atoms with Gasteiger partial charge in [0.2, 0.25) is 0 Å². The third-order valence-corrected chi connectivity index (χ3v) is 4.85. The summed E-state index contributed by atoms with van der Waals surface area (Å²) < 4.78 is 0. The summed E-state index contributed by atoms with van der Waals surface area (Å²) in [6.07, 6.45) is 5.16. The number of aromatic amines is 1. The van der Waals surface area contributed by atoms with Crippen molar-refractivity contribution in [3.63, 3.8) is 0 Å². The maximum atomic E-state index is 12.9. The van der Waals surface area contributed by atoms with Gasteiger partial charge in [-0.05, 0) is 31.2 Å². The molecule has 0 saturated carbocycles. The van der Waals surface area contributed by atoms with Crippen LogP contribution in [0.2, 0.25) is 5.02 Å². The van der Waals surface area contributed by atoms with Gasteiger partial charge in [0, 0.05) is 43.0 Å². The number of hydrogen-bond acceptors (Lipinski definition) is 4. The maximum Gasteiger partial charge on any atom is 0.257 e. The minimum atomic E-state index is -0.232. The molecule has 0 bridgehead atoms. The largest absolute Gasteiger partial charge is 0.375 e. The van der Waals surface area contributed by atoms with Gasteiger partial charge in [0.1, 0.15) is 0 Å². The minimum absolute atomic E-state index is 0.232. The summed E-state index contributed by atoms with van der Waals surface area (Å²) in [6, 6.07) is 7.34. The Morgan fingerprint density at radius 3 is 2.78 bits per heavy atom. The van der Waals surface area contributed by atoms with E-state index in [4.69, 9.17) is 11.6 Å². The van der Waals surface area contributed by atoms with Crippen molar-refractivity contribution in [1.82, 2.24) is 15.0 Å². The first-order valence-electron chi connectivity index (χ1n) is 8.45. The Balaban J connectivity index is 1.95. The molecule has 0 atom stereocenters. The summed E-state index contributed by atoms with van der Waals surface area (Å²) in [5.74, 6) is -0.232. The fourth-order valence-corrected chi connectivity index (χ4v) is 3.68. The van der Waals surface area contributed by atoms with E-state index in [2.05, 4.69) is 20.3 Å². The lowest BCUT2D eigenvalue weighted by molar-refractivity contribution is 0.102. The highest BCUT2D eigenvalue weighted by molar-refractivity contribution is 6.36. The van der Waals surface area contributed by atoms with Crippen LogP contribution < -0.4 is 10.2 Å². The van der Waals surface area contributed by atoms with E-state index < -0.39 is 0 Å². The lowest BCUT2D eigenvalue weighted by atomic mass is 10.1. The number of benzene rings is 1. The number of amides is 1. The number of carbonyl (C=O) groups is 1. The summed E-state index contributed by atoms with van der Waals surface area (Å²) in [6.45, 7) is 1.81. The first kappa shape index (κ1) is 17.3. The number of anilines is 2. The molecule has 3 aromatic heterocycles. The molecule has 1 amide bonds. The van der Waals surface area contributed by atoms with Crippen LogP contribution in [0.1, 0.15) is 16.1 Å². The van der Waals surface area contributed by atoms with Crippen LogP contribution in [-0.4, -0.2) is 35.0 Å². The summed E-state index contributed by atoms with van der Waals surface area (Å²) in [7, 11) is 3.78. The Morgan fingerprint density at radius 1 is 1.22 bits per heavy atom. The Bertz CT molecular complexity index is 1180. The molecule has 6 nitrogen and oxygen atoms in total. The van der Waals surface area contributed by atoms with Gasteiger partial charge in [0.25, 0.3) is 5.91 Å². The second-order valence-corrected chi connectivity index (χ2v) is 6.94. The van der Waals surface area contributed by atoms with Crippen LogP contribution in [0.25, 0.3) is 21.8 Å². The number of nitrogens with one attached hydrogen (secondary N) is 2. The fraction of sp³-hybridized carbons (Fsp3) is 0.150. The van der Waals surface area contributed by atoms with Gasteiger partial charge in [0.05, 0.1) is 39.2 Å². The monoisotopic (exact) mass is 379 g/mol.